The van der Waals surface area contributed by atoms with Crippen molar-refractivity contribution >= 4 is 5.91 Å². The van der Waals surface area contributed by atoms with Crippen LogP contribution >= 0.6 is 0 Å². The van der Waals surface area contributed by atoms with E-state index in [9.17, 15) is 30.3 Å². The number of carbonyl (C=O) groups excluding carboxylic acids is 1. The van der Waals surface area contributed by atoms with E-state index in [4.69, 9.17) is 9.47 Å². The molecule has 0 spiro atoms. The van der Waals surface area contributed by atoms with Gasteiger partial charge in [-0.2, -0.15) is 0 Å². The van der Waals surface area contributed by atoms with Gasteiger partial charge in [0.05, 0.1) is 25.4 Å². The average molecular weight is 1210 g/mol. The van der Waals surface area contributed by atoms with Crippen LogP contribution in [0.3, 0.4) is 0 Å². The zero-order valence-electron chi connectivity index (χ0n) is 56.0. The molecule has 0 aromatic carbocycles. The van der Waals surface area contributed by atoms with Gasteiger partial charge in [0.2, 0.25) is 5.91 Å². The maximum absolute atomic E-state index is 13.1. The lowest BCUT2D eigenvalue weighted by atomic mass is 9.99. The number of aliphatic hydroxyl groups excluding tert-OH is 5. The summed E-state index contributed by atoms with van der Waals surface area (Å²) in [6, 6.07) is -0.837. The molecule has 7 atom stereocenters. The summed E-state index contributed by atoms with van der Waals surface area (Å²) in [6.07, 6.45) is 91.7. The van der Waals surface area contributed by atoms with Crippen LogP contribution in [0.15, 0.2) is 122 Å². The SMILES string of the molecule is CC/C=C\C/C=C\C/C=C\C/C=C\C/C=C\C/C=C\C/C=C\CCCCCCCCCCCCCCCCCC(=O)NC(COC1OC(CO)C(O)C(O)C1O)C(O)/C=C/CC/C=C/CC/C=C/CCCCCCCCCCCCCCCCCCC. The zero-order valence-corrected chi connectivity index (χ0v) is 56.0. The maximum Gasteiger partial charge on any atom is 0.220 e. The van der Waals surface area contributed by atoms with Crippen LogP contribution in [0, 0.1) is 0 Å². The second-order valence-electron chi connectivity index (χ2n) is 24.6. The van der Waals surface area contributed by atoms with Crippen LogP contribution in [0.25, 0.3) is 0 Å². The molecule has 0 radical (unpaired) electrons. The molecule has 6 N–H and O–H groups in total. The number of nitrogens with one attached hydrogen (secondary N) is 1. The molecule has 7 unspecified atom stereocenters. The van der Waals surface area contributed by atoms with Crippen molar-refractivity contribution in [3.63, 3.8) is 0 Å². The molecule has 1 rings (SSSR count). The molecule has 0 aromatic rings. The predicted molar refractivity (Wildman–Crippen MR) is 373 cm³/mol. The van der Waals surface area contributed by atoms with E-state index in [0.29, 0.717) is 6.42 Å². The number of carbonyl (C=O) groups is 1. The minimum atomic E-state index is -1.58. The van der Waals surface area contributed by atoms with E-state index in [0.717, 1.165) is 89.9 Å². The number of hydrogen-bond acceptors (Lipinski definition) is 8. The Balaban J connectivity index is 2.15. The first kappa shape index (κ1) is 81.6. The third-order valence-electron chi connectivity index (χ3n) is 16.5. The number of unbranched alkanes of at least 4 members (excludes halogenated alkanes) is 34. The summed E-state index contributed by atoms with van der Waals surface area (Å²) in [5.41, 5.74) is 0. The second kappa shape index (κ2) is 65.5. The van der Waals surface area contributed by atoms with Crippen molar-refractivity contribution in [3.8, 4) is 0 Å². The first-order valence-corrected chi connectivity index (χ1v) is 36.3. The van der Waals surface area contributed by atoms with Crippen LogP contribution in [0.2, 0.25) is 0 Å². The van der Waals surface area contributed by atoms with Gasteiger partial charge in [0, 0.05) is 6.42 Å². The molecule has 87 heavy (non-hydrogen) atoms. The van der Waals surface area contributed by atoms with E-state index in [-0.39, 0.29) is 12.5 Å². The molecule has 1 heterocycles. The van der Waals surface area contributed by atoms with E-state index < -0.39 is 49.5 Å². The third kappa shape index (κ3) is 54.1. The lowest BCUT2D eigenvalue weighted by molar-refractivity contribution is -0.302. The standard InChI is InChI=1S/C78H135NO8/c1-3-5-7-9-11-13-15-17-19-21-23-25-27-29-31-32-33-34-35-36-37-38-39-40-42-44-46-48-50-52-54-56-58-60-62-64-66-68-74(82)79-71(70-86-78-77(85)76(84)75(83)73(69-80)87-78)72(81)67-65-63-61-59-57-55-53-51-49-47-45-43-41-30-28-26-24-22-20-18-16-14-12-10-8-6-4-2/h5,7,11,13,17,19,23,25,29,31,33-34,36-37,49,51,57,59,65,67,71-73,75-78,80-81,83-85H,3-4,6,8-10,12,14-16,18,20-22,24,26-28,30,32,35,38-48,50,52-56,58,60-64,66,68-70H2,1-2H3,(H,79,82)/b7-5-,13-11-,19-17-,25-23-,31-29-,34-33-,37-36-,51-49+,59-57+,67-65+. The van der Waals surface area contributed by atoms with E-state index in [1.54, 1.807) is 6.08 Å². The number of hydrogen-bond donors (Lipinski definition) is 6. The highest BCUT2D eigenvalue weighted by molar-refractivity contribution is 5.76. The Morgan fingerprint density at radius 3 is 1.10 bits per heavy atom. The van der Waals surface area contributed by atoms with Crippen molar-refractivity contribution < 1.29 is 39.8 Å². The molecule has 1 fully saturated rings. The van der Waals surface area contributed by atoms with Gasteiger partial charge in [-0.05, 0) is 103 Å². The smallest absolute Gasteiger partial charge is 0.220 e. The van der Waals surface area contributed by atoms with Crippen molar-refractivity contribution in [3.05, 3.63) is 122 Å². The van der Waals surface area contributed by atoms with Crippen LogP contribution in [0.5, 0.6) is 0 Å². The first-order valence-electron chi connectivity index (χ1n) is 36.3. The lowest BCUT2D eigenvalue weighted by Gasteiger charge is -2.40. The highest BCUT2D eigenvalue weighted by Gasteiger charge is 2.44. The molecule has 9 heteroatoms. The molecule has 0 bridgehead atoms. The van der Waals surface area contributed by atoms with Crippen LogP contribution in [-0.2, 0) is 14.3 Å². The highest BCUT2D eigenvalue weighted by Crippen LogP contribution is 2.23. The molecular formula is C78H135NO8. The highest BCUT2D eigenvalue weighted by atomic mass is 16.7. The quantitative estimate of drug-likeness (QED) is 0.0261. The van der Waals surface area contributed by atoms with Crippen molar-refractivity contribution in [2.24, 2.45) is 0 Å². The fraction of sp³-hybridized carbons (Fsp3) is 0.731. The van der Waals surface area contributed by atoms with Crippen molar-refractivity contribution in [1.82, 2.24) is 5.32 Å². The second-order valence-corrected chi connectivity index (χ2v) is 24.6. The Kier molecular flexibility index (Phi) is 61.5. The van der Waals surface area contributed by atoms with Crippen molar-refractivity contribution in [2.45, 2.75) is 352 Å². The van der Waals surface area contributed by atoms with E-state index in [1.807, 2.05) is 6.08 Å². The largest absolute Gasteiger partial charge is 0.394 e. The summed E-state index contributed by atoms with van der Waals surface area (Å²) in [6.45, 7) is 3.67. The first-order chi connectivity index (χ1) is 42.8. The Hall–Kier alpha value is -3.41. The third-order valence-corrected chi connectivity index (χ3v) is 16.5. The predicted octanol–water partition coefficient (Wildman–Crippen LogP) is 20.2. The number of aliphatic hydroxyl groups is 5. The summed E-state index contributed by atoms with van der Waals surface area (Å²) in [5.74, 6) is -0.192. The van der Waals surface area contributed by atoms with Gasteiger partial charge in [0.25, 0.3) is 0 Å². The minimum absolute atomic E-state index is 0.192. The monoisotopic (exact) mass is 1210 g/mol. The summed E-state index contributed by atoms with van der Waals surface area (Å²) in [5, 5.41) is 54.8. The molecule has 1 amide bonds. The van der Waals surface area contributed by atoms with Gasteiger partial charge in [0.15, 0.2) is 6.29 Å². The molecule has 0 aliphatic carbocycles. The fourth-order valence-corrected chi connectivity index (χ4v) is 10.9. The minimum Gasteiger partial charge on any atom is -0.394 e. The van der Waals surface area contributed by atoms with E-state index in [1.165, 1.54) is 199 Å². The number of rotatable bonds is 62. The Labute approximate surface area is 535 Å². The summed E-state index contributed by atoms with van der Waals surface area (Å²) in [7, 11) is 0. The van der Waals surface area contributed by atoms with Gasteiger partial charge in [0.1, 0.15) is 24.4 Å². The van der Waals surface area contributed by atoms with Gasteiger partial charge < -0.3 is 40.3 Å². The zero-order chi connectivity index (χ0) is 62.8. The summed E-state index contributed by atoms with van der Waals surface area (Å²) < 4.78 is 11.3. The fourth-order valence-electron chi connectivity index (χ4n) is 10.9. The Morgan fingerprint density at radius 1 is 0.402 bits per heavy atom. The lowest BCUT2D eigenvalue weighted by Crippen LogP contribution is -2.60. The van der Waals surface area contributed by atoms with Gasteiger partial charge in [-0.15, -0.1) is 0 Å². The van der Waals surface area contributed by atoms with E-state index in [2.05, 4.69) is 129 Å². The van der Waals surface area contributed by atoms with Crippen LogP contribution < -0.4 is 5.32 Å². The molecule has 1 aliphatic heterocycles. The Bertz CT molecular complexity index is 1790. The molecule has 0 aromatic heterocycles. The molecular weight excluding hydrogens is 1080 g/mol. The average Bonchev–Trinajstić information content (AvgIpc) is 3.37. The van der Waals surface area contributed by atoms with Crippen molar-refractivity contribution in [1.29, 1.82) is 0 Å². The van der Waals surface area contributed by atoms with Gasteiger partial charge in [-0.3, -0.25) is 4.79 Å². The van der Waals surface area contributed by atoms with Gasteiger partial charge in [-0.1, -0.05) is 322 Å². The maximum atomic E-state index is 13.1. The van der Waals surface area contributed by atoms with Crippen LogP contribution in [-0.4, -0.2) is 87.5 Å². The number of ether oxygens (including phenoxy) is 2. The summed E-state index contributed by atoms with van der Waals surface area (Å²) in [4.78, 5) is 13.1. The topological polar surface area (TPSA) is 149 Å². The number of amides is 1. The molecule has 500 valence electrons. The Morgan fingerprint density at radius 2 is 0.724 bits per heavy atom. The number of allylic oxidation sites excluding steroid dienone is 19. The van der Waals surface area contributed by atoms with Crippen molar-refractivity contribution in [2.75, 3.05) is 13.2 Å². The molecule has 1 saturated heterocycles. The van der Waals surface area contributed by atoms with E-state index >= 15 is 0 Å². The van der Waals surface area contributed by atoms with Crippen LogP contribution in [0.4, 0.5) is 0 Å². The van der Waals surface area contributed by atoms with Gasteiger partial charge >= 0.3 is 0 Å². The normalized spacial score (nSPS) is 18.7. The van der Waals surface area contributed by atoms with Gasteiger partial charge in [-0.25, -0.2) is 0 Å². The summed E-state index contributed by atoms with van der Waals surface area (Å²) >= 11 is 0. The molecule has 0 saturated carbocycles. The molecule has 9 nitrogen and oxygen atoms in total. The van der Waals surface area contributed by atoms with Crippen LogP contribution in [0.1, 0.15) is 309 Å². The molecule has 1 aliphatic rings.